The van der Waals surface area contributed by atoms with Crippen LogP contribution >= 0.6 is 11.6 Å². The number of hydrogen-bond donors (Lipinski definition) is 1. The van der Waals surface area contributed by atoms with Crippen molar-refractivity contribution in [3.63, 3.8) is 0 Å². The van der Waals surface area contributed by atoms with Gasteiger partial charge in [-0.1, -0.05) is 17.7 Å². The van der Waals surface area contributed by atoms with E-state index < -0.39 is 6.09 Å². The molecule has 1 N–H and O–H groups in total. The maximum absolute atomic E-state index is 13.2. The number of benzene rings is 1. The lowest BCUT2D eigenvalue weighted by atomic mass is 10.1. The maximum Gasteiger partial charge on any atom is 0.406 e. The molecule has 0 fully saturated rings. The number of carbonyl (C=O) groups excluding carboxylic acids is 1. The van der Waals surface area contributed by atoms with Crippen LogP contribution in [0.25, 0.3) is 0 Å². The predicted molar refractivity (Wildman–Crippen MR) is 55.5 cm³/mol. The summed E-state index contributed by atoms with van der Waals surface area (Å²) < 4.78 is 17.9. The first-order valence-corrected chi connectivity index (χ1v) is 4.80. The molecule has 0 aromatic heterocycles. The van der Waals surface area contributed by atoms with Crippen LogP contribution in [0.3, 0.4) is 0 Å². The third-order valence-corrected chi connectivity index (χ3v) is 2.21. The monoisotopic (exact) mass is 231 g/mol. The van der Waals surface area contributed by atoms with Gasteiger partial charge in [0.2, 0.25) is 0 Å². The standard InChI is InChI=1S/C10H11ClFNO2/c1-13-10(14)15-6-5-7-8(11)3-2-4-9(7)12/h2-4H,5-6H2,1H3,(H,13,14). The van der Waals surface area contributed by atoms with Crippen LogP contribution in [0.4, 0.5) is 9.18 Å². The van der Waals surface area contributed by atoms with Crippen molar-refractivity contribution in [2.24, 2.45) is 0 Å². The van der Waals surface area contributed by atoms with E-state index >= 15 is 0 Å². The van der Waals surface area contributed by atoms with Crippen molar-refractivity contribution >= 4 is 17.7 Å². The molecule has 5 heteroatoms. The summed E-state index contributed by atoms with van der Waals surface area (Å²) in [5.74, 6) is -0.386. The molecule has 0 saturated carbocycles. The molecule has 0 spiro atoms. The second-order valence-corrected chi connectivity index (χ2v) is 3.24. The number of halogens is 2. The topological polar surface area (TPSA) is 38.3 Å². The van der Waals surface area contributed by atoms with E-state index in [4.69, 9.17) is 16.3 Å². The van der Waals surface area contributed by atoms with Crippen molar-refractivity contribution < 1.29 is 13.9 Å². The van der Waals surface area contributed by atoms with Gasteiger partial charge in [0.25, 0.3) is 0 Å². The van der Waals surface area contributed by atoms with Gasteiger partial charge < -0.3 is 10.1 Å². The zero-order valence-corrected chi connectivity index (χ0v) is 8.97. The Balaban J connectivity index is 2.54. The summed E-state index contributed by atoms with van der Waals surface area (Å²) >= 11 is 5.78. The zero-order chi connectivity index (χ0) is 11.3. The van der Waals surface area contributed by atoms with E-state index in [0.717, 1.165) is 0 Å². The fourth-order valence-corrected chi connectivity index (χ4v) is 1.35. The summed E-state index contributed by atoms with van der Waals surface area (Å²) in [6.07, 6.45) is -0.277. The van der Waals surface area contributed by atoms with Crippen LogP contribution in [-0.2, 0) is 11.2 Å². The fourth-order valence-electron chi connectivity index (χ4n) is 1.09. The number of carbonyl (C=O) groups is 1. The maximum atomic E-state index is 13.2. The first kappa shape index (κ1) is 11.8. The lowest BCUT2D eigenvalue weighted by molar-refractivity contribution is 0.149. The van der Waals surface area contributed by atoms with Crippen LogP contribution in [0.5, 0.6) is 0 Å². The Bertz CT molecular complexity index is 337. The number of alkyl carbamates (subject to hydrolysis) is 1. The van der Waals surface area contributed by atoms with Crippen molar-refractivity contribution in [2.75, 3.05) is 13.7 Å². The Kier molecular flexibility index (Phi) is 4.37. The highest BCUT2D eigenvalue weighted by molar-refractivity contribution is 6.31. The van der Waals surface area contributed by atoms with Gasteiger partial charge in [-0.05, 0) is 12.1 Å². The van der Waals surface area contributed by atoms with Gasteiger partial charge in [-0.3, -0.25) is 0 Å². The van der Waals surface area contributed by atoms with E-state index in [1.807, 2.05) is 0 Å². The van der Waals surface area contributed by atoms with Crippen LogP contribution in [0.2, 0.25) is 5.02 Å². The first-order chi connectivity index (χ1) is 7.15. The van der Waals surface area contributed by atoms with Gasteiger partial charge in [0.1, 0.15) is 5.82 Å². The highest BCUT2D eigenvalue weighted by Gasteiger charge is 2.07. The minimum atomic E-state index is -0.539. The normalized spacial score (nSPS) is 9.80. The summed E-state index contributed by atoms with van der Waals surface area (Å²) in [6.45, 7) is 0.0975. The number of rotatable bonds is 3. The van der Waals surface area contributed by atoms with Crippen LogP contribution in [0.15, 0.2) is 18.2 Å². The van der Waals surface area contributed by atoms with Gasteiger partial charge in [0.15, 0.2) is 0 Å². The van der Waals surface area contributed by atoms with Crippen molar-refractivity contribution in [1.29, 1.82) is 0 Å². The molecular formula is C10H11ClFNO2. The van der Waals surface area contributed by atoms with Gasteiger partial charge in [-0.2, -0.15) is 0 Å². The SMILES string of the molecule is CNC(=O)OCCc1c(F)cccc1Cl. The quantitative estimate of drug-likeness (QED) is 0.868. The highest BCUT2D eigenvalue weighted by atomic mass is 35.5. The minimum absolute atomic E-state index is 0.0975. The van der Waals surface area contributed by atoms with Gasteiger partial charge in [0.05, 0.1) is 6.61 Å². The number of ether oxygens (including phenoxy) is 1. The lowest BCUT2D eigenvalue weighted by Gasteiger charge is -2.06. The van der Waals surface area contributed by atoms with E-state index in [1.165, 1.54) is 19.2 Å². The molecule has 0 bridgehead atoms. The van der Waals surface area contributed by atoms with Crippen molar-refractivity contribution in [3.05, 3.63) is 34.6 Å². The molecule has 0 aliphatic rings. The van der Waals surface area contributed by atoms with Crippen molar-refractivity contribution in [2.45, 2.75) is 6.42 Å². The third-order valence-electron chi connectivity index (χ3n) is 1.85. The number of nitrogens with one attached hydrogen (secondary N) is 1. The molecule has 0 aliphatic heterocycles. The van der Waals surface area contributed by atoms with E-state index in [2.05, 4.69) is 5.32 Å². The summed E-state index contributed by atoms with van der Waals surface area (Å²) in [4.78, 5) is 10.7. The minimum Gasteiger partial charge on any atom is -0.449 e. The second kappa shape index (κ2) is 5.56. The molecule has 15 heavy (non-hydrogen) atoms. The number of hydrogen-bond acceptors (Lipinski definition) is 2. The average Bonchev–Trinajstić information content (AvgIpc) is 2.22. The summed E-state index contributed by atoms with van der Waals surface area (Å²) in [5.41, 5.74) is 0.364. The van der Waals surface area contributed by atoms with Gasteiger partial charge in [0, 0.05) is 24.1 Å². The molecule has 1 aromatic carbocycles. The molecule has 3 nitrogen and oxygen atoms in total. The van der Waals surface area contributed by atoms with Crippen LogP contribution in [0, 0.1) is 5.82 Å². The van der Waals surface area contributed by atoms with Crippen LogP contribution < -0.4 is 5.32 Å². The van der Waals surface area contributed by atoms with Crippen LogP contribution in [0.1, 0.15) is 5.56 Å². The smallest absolute Gasteiger partial charge is 0.406 e. The van der Waals surface area contributed by atoms with E-state index in [-0.39, 0.29) is 18.8 Å². The highest BCUT2D eigenvalue weighted by Crippen LogP contribution is 2.19. The molecule has 0 aliphatic carbocycles. The van der Waals surface area contributed by atoms with Crippen molar-refractivity contribution in [1.82, 2.24) is 5.32 Å². The molecular weight excluding hydrogens is 221 g/mol. The lowest BCUT2D eigenvalue weighted by Crippen LogP contribution is -2.20. The largest absolute Gasteiger partial charge is 0.449 e. The van der Waals surface area contributed by atoms with E-state index in [0.29, 0.717) is 10.6 Å². The molecule has 0 radical (unpaired) electrons. The Morgan fingerprint density at radius 3 is 2.93 bits per heavy atom. The Morgan fingerprint density at radius 1 is 1.60 bits per heavy atom. The summed E-state index contributed by atoms with van der Waals surface area (Å²) in [7, 11) is 1.46. The van der Waals surface area contributed by atoms with Gasteiger partial charge >= 0.3 is 6.09 Å². The molecule has 0 atom stereocenters. The second-order valence-electron chi connectivity index (χ2n) is 2.84. The summed E-state index contributed by atoms with van der Waals surface area (Å²) in [5, 5.41) is 2.64. The summed E-state index contributed by atoms with van der Waals surface area (Å²) in [6, 6.07) is 4.45. The number of amides is 1. The Morgan fingerprint density at radius 2 is 2.33 bits per heavy atom. The van der Waals surface area contributed by atoms with E-state index in [9.17, 15) is 9.18 Å². The third kappa shape index (κ3) is 3.40. The Hall–Kier alpha value is -1.29. The van der Waals surface area contributed by atoms with Crippen LogP contribution in [-0.4, -0.2) is 19.7 Å². The molecule has 1 rings (SSSR count). The molecule has 0 saturated heterocycles. The average molecular weight is 232 g/mol. The molecule has 0 heterocycles. The molecule has 1 amide bonds. The predicted octanol–water partition coefficient (Wildman–Crippen LogP) is 2.38. The first-order valence-electron chi connectivity index (χ1n) is 4.42. The fraction of sp³-hybridized carbons (Fsp3) is 0.300. The van der Waals surface area contributed by atoms with Gasteiger partial charge in [-0.25, -0.2) is 9.18 Å². The Labute approximate surface area is 92.2 Å². The van der Waals surface area contributed by atoms with Crippen molar-refractivity contribution in [3.8, 4) is 0 Å². The molecule has 82 valence electrons. The van der Waals surface area contributed by atoms with E-state index in [1.54, 1.807) is 6.07 Å². The van der Waals surface area contributed by atoms with Gasteiger partial charge in [-0.15, -0.1) is 0 Å². The molecule has 1 aromatic rings. The molecule has 0 unspecified atom stereocenters. The zero-order valence-electron chi connectivity index (χ0n) is 8.22.